The van der Waals surface area contributed by atoms with E-state index < -0.39 is 11.4 Å². The van der Waals surface area contributed by atoms with Gasteiger partial charge in [0.05, 0.1) is 11.3 Å². The van der Waals surface area contributed by atoms with Crippen molar-refractivity contribution in [1.82, 2.24) is 0 Å². The van der Waals surface area contributed by atoms with Gasteiger partial charge in [-0.2, -0.15) is 0 Å². The summed E-state index contributed by atoms with van der Waals surface area (Å²) in [6.45, 7) is 9.84. The third kappa shape index (κ3) is 4.92. The Morgan fingerprint density at radius 1 is 1.15 bits per heavy atom. The Balaban J connectivity index is 2.41. The van der Waals surface area contributed by atoms with Crippen LogP contribution in [0.2, 0.25) is 0 Å². The standard InChI is InChI=1S/C17H30O3/c1-6-7-12(2)13-8-10-14(11-9-13)15(18)20-16(19)17(3,4)5/h12-14H,6-11H2,1-5H3/t12-,13?,14?/m1/s1. The Hall–Kier alpha value is -0.860. The maximum absolute atomic E-state index is 12.0. The highest BCUT2D eigenvalue weighted by molar-refractivity contribution is 5.89. The first-order chi connectivity index (χ1) is 9.25. The summed E-state index contributed by atoms with van der Waals surface area (Å²) in [5.41, 5.74) is -0.609. The van der Waals surface area contributed by atoms with E-state index in [1.165, 1.54) is 12.8 Å². The molecule has 1 aliphatic carbocycles. The van der Waals surface area contributed by atoms with Gasteiger partial charge in [-0.25, -0.2) is 0 Å². The van der Waals surface area contributed by atoms with Crippen LogP contribution in [0.1, 0.15) is 73.1 Å². The van der Waals surface area contributed by atoms with E-state index in [1.807, 2.05) is 0 Å². The van der Waals surface area contributed by atoms with Crippen molar-refractivity contribution < 1.29 is 14.3 Å². The van der Waals surface area contributed by atoms with Crippen molar-refractivity contribution in [2.24, 2.45) is 23.2 Å². The minimum Gasteiger partial charge on any atom is -0.393 e. The summed E-state index contributed by atoms with van der Waals surface area (Å²) in [6, 6.07) is 0. The van der Waals surface area contributed by atoms with Crippen LogP contribution in [0.4, 0.5) is 0 Å². The predicted molar refractivity (Wildman–Crippen MR) is 80.1 cm³/mol. The molecule has 0 N–H and O–H groups in total. The summed E-state index contributed by atoms with van der Waals surface area (Å²) < 4.78 is 5.02. The molecule has 0 aromatic rings. The number of ether oxygens (including phenoxy) is 1. The number of hydrogen-bond acceptors (Lipinski definition) is 3. The van der Waals surface area contributed by atoms with E-state index in [4.69, 9.17) is 4.74 Å². The van der Waals surface area contributed by atoms with Crippen LogP contribution in [0.3, 0.4) is 0 Å². The normalized spacial score (nSPS) is 25.1. The fourth-order valence-electron chi connectivity index (χ4n) is 2.94. The van der Waals surface area contributed by atoms with Gasteiger partial charge >= 0.3 is 11.9 Å². The molecule has 116 valence electrons. The van der Waals surface area contributed by atoms with E-state index in [-0.39, 0.29) is 11.9 Å². The minimum absolute atomic E-state index is 0.0774. The van der Waals surface area contributed by atoms with Gasteiger partial charge in [0.2, 0.25) is 0 Å². The zero-order chi connectivity index (χ0) is 15.3. The summed E-state index contributed by atoms with van der Waals surface area (Å²) in [4.78, 5) is 23.7. The smallest absolute Gasteiger partial charge is 0.318 e. The molecule has 20 heavy (non-hydrogen) atoms. The lowest BCUT2D eigenvalue weighted by Gasteiger charge is -2.31. The quantitative estimate of drug-likeness (QED) is 0.569. The van der Waals surface area contributed by atoms with Crippen molar-refractivity contribution in [3.63, 3.8) is 0 Å². The van der Waals surface area contributed by atoms with E-state index >= 15 is 0 Å². The first kappa shape index (κ1) is 17.2. The van der Waals surface area contributed by atoms with Gasteiger partial charge in [0, 0.05) is 0 Å². The molecular weight excluding hydrogens is 252 g/mol. The second-order valence-corrected chi connectivity index (χ2v) is 7.34. The number of hydrogen-bond donors (Lipinski definition) is 0. The maximum Gasteiger partial charge on any atom is 0.318 e. The third-order valence-electron chi connectivity index (χ3n) is 4.46. The van der Waals surface area contributed by atoms with Gasteiger partial charge in [0.1, 0.15) is 0 Å². The summed E-state index contributed by atoms with van der Waals surface area (Å²) in [5, 5.41) is 0. The van der Waals surface area contributed by atoms with Crippen LogP contribution in [-0.4, -0.2) is 11.9 Å². The average molecular weight is 282 g/mol. The van der Waals surface area contributed by atoms with E-state index in [2.05, 4.69) is 13.8 Å². The number of carbonyl (C=O) groups is 2. The fourth-order valence-corrected chi connectivity index (χ4v) is 2.94. The highest BCUT2D eigenvalue weighted by atomic mass is 16.6. The largest absolute Gasteiger partial charge is 0.393 e. The molecule has 1 atom stereocenters. The number of carbonyl (C=O) groups excluding carboxylic acids is 2. The van der Waals surface area contributed by atoms with E-state index in [0.29, 0.717) is 0 Å². The van der Waals surface area contributed by atoms with E-state index in [1.54, 1.807) is 20.8 Å². The van der Waals surface area contributed by atoms with Gasteiger partial charge in [-0.15, -0.1) is 0 Å². The molecule has 0 aromatic carbocycles. The van der Waals surface area contributed by atoms with Crippen LogP contribution < -0.4 is 0 Å². The molecule has 3 heteroatoms. The molecule has 1 fully saturated rings. The highest BCUT2D eigenvalue weighted by Crippen LogP contribution is 2.35. The van der Waals surface area contributed by atoms with Crippen LogP contribution in [0.5, 0.6) is 0 Å². The molecule has 1 saturated carbocycles. The third-order valence-corrected chi connectivity index (χ3v) is 4.46. The van der Waals surface area contributed by atoms with Crippen molar-refractivity contribution in [2.75, 3.05) is 0 Å². The van der Waals surface area contributed by atoms with Crippen LogP contribution >= 0.6 is 0 Å². The minimum atomic E-state index is -0.609. The van der Waals surface area contributed by atoms with Gasteiger partial charge < -0.3 is 4.74 Å². The van der Waals surface area contributed by atoms with Crippen molar-refractivity contribution in [1.29, 1.82) is 0 Å². The molecule has 0 aromatic heterocycles. The zero-order valence-electron chi connectivity index (χ0n) is 13.7. The Morgan fingerprint density at radius 2 is 1.70 bits per heavy atom. The summed E-state index contributed by atoms with van der Waals surface area (Å²) in [6.07, 6.45) is 6.41. The number of rotatable bonds is 4. The zero-order valence-corrected chi connectivity index (χ0v) is 13.7. The van der Waals surface area contributed by atoms with Gasteiger partial charge in [-0.1, -0.05) is 26.7 Å². The maximum atomic E-state index is 12.0. The lowest BCUT2D eigenvalue weighted by Crippen LogP contribution is -2.31. The first-order valence-electron chi connectivity index (χ1n) is 8.01. The molecule has 0 aliphatic heterocycles. The molecule has 0 heterocycles. The molecule has 3 nitrogen and oxygen atoms in total. The predicted octanol–water partition coefficient (Wildman–Crippen LogP) is 4.34. The van der Waals surface area contributed by atoms with Crippen molar-refractivity contribution in [3.05, 3.63) is 0 Å². The van der Waals surface area contributed by atoms with Crippen LogP contribution in [-0.2, 0) is 14.3 Å². The molecule has 0 saturated heterocycles. The van der Waals surface area contributed by atoms with Gasteiger partial charge in [0.25, 0.3) is 0 Å². The van der Waals surface area contributed by atoms with Gasteiger partial charge in [-0.05, 0) is 58.3 Å². The summed E-state index contributed by atoms with van der Waals surface area (Å²) >= 11 is 0. The van der Waals surface area contributed by atoms with E-state index in [9.17, 15) is 9.59 Å². The van der Waals surface area contributed by atoms with Crippen molar-refractivity contribution in [2.45, 2.75) is 73.1 Å². The molecule has 0 spiro atoms. The Morgan fingerprint density at radius 3 is 2.15 bits per heavy atom. The number of esters is 2. The SMILES string of the molecule is CCC[C@@H](C)C1CCC(C(=O)OC(=O)C(C)(C)C)CC1. The lowest BCUT2D eigenvalue weighted by atomic mass is 9.75. The van der Waals surface area contributed by atoms with Crippen LogP contribution in [0, 0.1) is 23.2 Å². The second kappa shape index (κ2) is 7.24. The summed E-state index contributed by atoms with van der Waals surface area (Å²) in [5.74, 6) is 0.673. The molecule has 1 rings (SSSR count). The highest BCUT2D eigenvalue weighted by Gasteiger charge is 2.33. The van der Waals surface area contributed by atoms with Crippen molar-refractivity contribution >= 4 is 11.9 Å². The molecule has 0 unspecified atom stereocenters. The lowest BCUT2D eigenvalue weighted by molar-refractivity contribution is -0.169. The van der Waals surface area contributed by atoms with E-state index in [0.717, 1.165) is 37.5 Å². The fraction of sp³-hybridized carbons (Fsp3) is 0.882. The molecule has 0 radical (unpaired) electrons. The summed E-state index contributed by atoms with van der Waals surface area (Å²) in [7, 11) is 0. The van der Waals surface area contributed by atoms with Gasteiger partial charge in [0.15, 0.2) is 0 Å². The van der Waals surface area contributed by atoms with Gasteiger partial charge in [-0.3, -0.25) is 9.59 Å². The average Bonchev–Trinajstić information content (AvgIpc) is 2.38. The van der Waals surface area contributed by atoms with Crippen LogP contribution in [0.25, 0.3) is 0 Å². The second-order valence-electron chi connectivity index (χ2n) is 7.34. The van der Waals surface area contributed by atoms with Crippen molar-refractivity contribution in [3.8, 4) is 0 Å². The van der Waals surface area contributed by atoms with Crippen LogP contribution in [0.15, 0.2) is 0 Å². The topological polar surface area (TPSA) is 43.4 Å². The molecular formula is C17H30O3. The Kier molecular flexibility index (Phi) is 6.22. The molecule has 0 bridgehead atoms. The molecule has 1 aliphatic rings. The molecule has 0 amide bonds. The Labute approximate surface area is 123 Å². The first-order valence-corrected chi connectivity index (χ1v) is 8.01. The Bertz CT molecular complexity index is 333. The monoisotopic (exact) mass is 282 g/mol.